The van der Waals surface area contributed by atoms with Gasteiger partial charge in [0.2, 0.25) is 0 Å². The highest BCUT2D eigenvalue weighted by atomic mass is 16.5. The van der Waals surface area contributed by atoms with Crippen molar-refractivity contribution >= 4 is 22.6 Å². The highest BCUT2D eigenvalue weighted by Gasteiger charge is 2.19. The maximum Gasteiger partial charge on any atom is 0.339 e. The van der Waals surface area contributed by atoms with Crippen LogP contribution < -0.4 is 10.5 Å². The summed E-state index contributed by atoms with van der Waals surface area (Å²) in [6, 6.07) is 5.44. The molecule has 0 saturated carbocycles. The van der Waals surface area contributed by atoms with Gasteiger partial charge >= 0.3 is 5.97 Å². The summed E-state index contributed by atoms with van der Waals surface area (Å²) in [4.78, 5) is 15.7. The Labute approximate surface area is 123 Å². The highest BCUT2D eigenvalue weighted by Crippen LogP contribution is 2.33. The van der Waals surface area contributed by atoms with E-state index in [2.05, 4.69) is 18.8 Å². The van der Waals surface area contributed by atoms with Crippen LogP contribution >= 0.6 is 0 Å². The molecule has 0 aliphatic rings. The van der Waals surface area contributed by atoms with Gasteiger partial charge < -0.3 is 15.6 Å². The monoisotopic (exact) mass is 288 g/mol. The number of carbonyl (C=O) groups is 1. The summed E-state index contributed by atoms with van der Waals surface area (Å²) in [5.74, 6) is -0.0738. The molecular weight excluding hydrogens is 268 g/mol. The molecule has 0 saturated heterocycles. The highest BCUT2D eigenvalue weighted by molar-refractivity contribution is 6.06. The summed E-state index contributed by atoms with van der Waals surface area (Å²) < 4.78 is 5.81. The number of nitrogens with two attached hydrogens (primary N) is 1. The number of ether oxygens (including phenoxy) is 1. The van der Waals surface area contributed by atoms with Gasteiger partial charge in [0.05, 0.1) is 28.9 Å². The molecule has 2 rings (SSSR count). The average Bonchev–Trinajstić information content (AvgIpc) is 2.43. The molecule has 5 heteroatoms. The largest absolute Gasteiger partial charge is 0.493 e. The standard InChI is InChI=1S/C16H20N2O3/c1-4-9(2)8-21-12-7-5-6-11-14(12)15(17)13(16(19)20)10(3)18-11/h5-7,9H,4,8H2,1-3H3,(H2,17,18)(H,19,20). The summed E-state index contributed by atoms with van der Waals surface area (Å²) in [7, 11) is 0. The SMILES string of the molecule is CCC(C)COc1cccc2nc(C)c(C(=O)O)c(N)c12. The zero-order chi connectivity index (χ0) is 15.6. The number of benzene rings is 1. The smallest absolute Gasteiger partial charge is 0.339 e. The van der Waals surface area contributed by atoms with Gasteiger partial charge in [-0.1, -0.05) is 26.3 Å². The lowest BCUT2D eigenvalue weighted by molar-refractivity contribution is 0.0697. The van der Waals surface area contributed by atoms with Crippen molar-refractivity contribution in [3.05, 3.63) is 29.5 Å². The molecule has 0 bridgehead atoms. The molecule has 1 unspecified atom stereocenters. The van der Waals surface area contributed by atoms with Crippen molar-refractivity contribution in [1.82, 2.24) is 4.98 Å². The molecule has 1 atom stereocenters. The second-order valence-corrected chi connectivity index (χ2v) is 5.27. The third-order valence-electron chi connectivity index (χ3n) is 3.63. The minimum atomic E-state index is -1.07. The van der Waals surface area contributed by atoms with Gasteiger partial charge in [-0.15, -0.1) is 0 Å². The van der Waals surface area contributed by atoms with Crippen molar-refractivity contribution in [2.45, 2.75) is 27.2 Å². The fourth-order valence-corrected chi connectivity index (χ4v) is 2.18. The van der Waals surface area contributed by atoms with E-state index in [0.29, 0.717) is 34.9 Å². The van der Waals surface area contributed by atoms with E-state index in [0.717, 1.165) is 6.42 Å². The number of hydrogen-bond donors (Lipinski definition) is 2. The molecule has 5 nitrogen and oxygen atoms in total. The molecule has 0 aliphatic carbocycles. The van der Waals surface area contributed by atoms with Crippen LogP contribution in [-0.2, 0) is 0 Å². The molecule has 1 heterocycles. The quantitative estimate of drug-likeness (QED) is 0.882. The maximum absolute atomic E-state index is 11.3. The minimum absolute atomic E-state index is 0.0436. The van der Waals surface area contributed by atoms with E-state index < -0.39 is 5.97 Å². The van der Waals surface area contributed by atoms with E-state index in [1.807, 2.05) is 6.07 Å². The molecule has 0 spiro atoms. The molecule has 0 aliphatic heterocycles. The van der Waals surface area contributed by atoms with E-state index in [-0.39, 0.29) is 11.3 Å². The summed E-state index contributed by atoms with van der Waals surface area (Å²) in [5, 5.41) is 9.87. The second-order valence-electron chi connectivity index (χ2n) is 5.27. The Morgan fingerprint density at radius 3 is 2.81 bits per heavy atom. The first-order valence-corrected chi connectivity index (χ1v) is 7.00. The first-order chi connectivity index (χ1) is 9.95. The third-order valence-corrected chi connectivity index (χ3v) is 3.63. The zero-order valence-corrected chi connectivity index (χ0v) is 12.5. The van der Waals surface area contributed by atoms with E-state index in [1.54, 1.807) is 19.1 Å². The van der Waals surface area contributed by atoms with Gasteiger partial charge in [-0.2, -0.15) is 0 Å². The number of nitrogen functional groups attached to an aromatic ring is 1. The molecule has 0 fully saturated rings. The topological polar surface area (TPSA) is 85.4 Å². The van der Waals surface area contributed by atoms with E-state index in [1.165, 1.54) is 0 Å². The number of aromatic nitrogens is 1. The van der Waals surface area contributed by atoms with Crippen LogP contribution in [0.3, 0.4) is 0 Å². The summed E-state index contributed by atoms with van der Waals surface area (Å²) >= 11 is 0. The van der Waals surface area contributed by atoms with Crippen LogP contribution in [0.4, 0.5) is 5.69 Å². The van der Waals surface area contributed by atoms with Gasteiger partial charge in [0.15, 0.2) is 0 Å². The van der Waals surface area contributed by atoms with E-state index in [4.69, 9.17) is 10.5 Å². The van der Waals surface area contributed by atoms with E-state index in [9.17, 15) is 9.90 Å². The van der Waals surface area contributed by atoms with Gasteiger partial charge in [0, 0.05) is 0 Å². The first kappa shape index (κ1) is 15.1. The number of rotatable bonds is 5. The Balaban J connectivity index is 2.57. The fraction of sp³-hybridized carbons (Fsp3) is 0.375. The summed E-state index contributed by atoms with van der Waals surface area (Å²) in [6.45, 7) is 6.40. The summed E-state index contributed by atoms with van der Waals surface area (Å²) in [6.07, 6.45) is 1.01. The predicted molar refractivity (Wildman–Crippen MR) is 82.8 cm³/mol. The normalized spacial score (nSPS) is 12.3. The predicted octanol–water partition coefficient (Wildman–Crippen LogP) is 3.25. The lowest BCUT2D eigenvalue weighted by Gasteiger charge is -2.15. The molecule has 0 radical (unpaired) electrons. The molecule has 21 heavy (non-hydrogen) atoms. The van der Waals surface area contributed by atoms with Gasteiger partial charge in [-0.05, 0) is 25.0 Å². The van der Waals surface area contributed by atoms with Crippen LogP contribution in [0.5, 0.6) is 5.75 Å². The Hall–Kier alpha value is -2.30. The van der Waals surface area contributed by atoms with Crippen LogP contribution in [0.15, 0.2) is 18.2 Å². The number of carboxylic acid groups (broad SMARTS) is 1. The molecule has 0 amide bonds. The van der Waals surface area contributed by atoms with Crippen molar-refractivity contribution < 1.29 is 14.6 Å². The lowest BCUT2D eigenvalue weighted by atomic mass is 10.1. The van der Waals surface area contributed by atoms with E-state index >= 15 is 0 Å². The van der Waals surface area contributed by atoms with Gasteiger partial charge in [-0.3, -0.25) is 4.98 Å². The third kappa shape index (κ3) is 2.91. The molecule has 3 N–H and O–H groups in total. The Morgan fingerprint density at radius 2 is 2.19 bits per heavy atom. The van der Waals surface area contributed by atoms with Crippen molar-refractivity contribution in [1.29, 1.82) is 0 Å². The van der Waals surface area contributed by atoms with Crippen LogP contribution in [0.25, 0.3) is 10.9 Å². The first-order valence-electron chi connectivity index (χ1n) is 7.00. The summed E-state index contributed by atoms with van der Waals surface area (Å²) in [5.41, 5.74) is 7.37. The van der Waals surface area contributed by atoms with Crippen molar-refractivity contribution in [2.75, 3.05) is 12.3 Å². The molecular formula is C16H20N2O3. The Kier molecular flexibility index (Phi) is 4.31. The van der Waals surface area contributed by atoms with Gasteiger partial charge in [0.25, 0.3) is 0 Å². The number of carboxylic acids is 1. The fourth-order valence-electron chi connectivity index (χ4n) is 2.18. The van der Waals surface area contributed by atoms with Crippen LogP contribution in [0.1, 0.15) is 36.3 Å². The van der Waals surface area contributed by atoms with Gasteiger partial charge in [-0.25, -0.2) is 4.79 Å². The number of pyridine rings is 1. The van der Waals surface area contributed by atoms with Crippen molar-refractivity contribution in [3.8, 4) is 5.75 Å². The number of anilines is 1. The second kappa shape index (κ2) is 5.99. The number of hydrogen-bond acceptors (Lipinski definition) is 4. The number of fused-ring (bicyclic) bond motifs is 1. The maximum atomic E-state index is 11.3. The zero-order valence-electron chi connectivity index (χ0n) is 12.5. The Bertz CT molecular complexity index is 683. The van der Waals surface area contributed by atoms with Crippen LogP contribution in [0, 0.1) is 12.8 Å². The van der Waals surface area contributed by atoms with Gasteiger partial charge in [0.1, 0.15) is 11.3 Å². The molecule has 1 aromatic carbocycles. The average molecular weight is 288 g/mol. The van der Waals surface area contributed by atoms with Crippen LogP contribution in [-0.4, -0.2) is 22.7 Å². The molecule has 1 aromatic heterocycles. The number of aromatic carboxylic acids is 1. The van der Waals surface area contributed by atoms with Crippen LogP contribution in [0.2, 0.25) is 0 Å². The lowest BCUT2D eigenvalue weighted by Crippen LogP contribution is -2.10. The Morgan fingerprint density at radius 1 is 1.48 bits per heavy atom. The number of aryl methyl sites for hydroxylation is 1. The molecule has 112 valence electrons. The minimum Gasteiger partial charge on any atom is -0.493 e. The van der Waals surface area contributed by atoms with Crippen molar-refractivity contribution in [2.24, 2.45) is 5.92 Å². The number of nitrogens with zero attached hydrogens (tertiary/aromatic N) is 1. The van der Waals surface area contributed by atoms with Crippen molar-refractivity contribution in [3.63, 3.8) is 0 Å². The molecule has 2 aromatic rings.